The van der Waals surface area contributed by atoms with E-state index in [1.54, 1.807) is 6.07 Å². The smallest absolute Gasteiger partial charge is 0.395 e. The number of alkyl halides is 2. The van der Waals surface area contributed by atoms with Gasteiger partial charge in [0.05, 0.1) is 13.2 Å². The molecule has 0 spiro atoms. The van der Waals surface area contributed by atoms with Crippen LogP contribution in [0.4, 0.5) is 8.78 Å². The number of fused-ring (bicyclic) bond motifs is 3. The topological polar surface area (TPSA) is 27.7 Å². The average Bonchev–Trinajstić information content (AvgIpc) is 2.52. The number of benzene rings is 1. The molecule has 0 aliphatic carbocycles. The van der Waals surface area contributed by atoms with E-state index in [1.807, 2.05) is 0 Å². The summed E-state index contributed by atoms with van der Waals surface area (Å²) in [5.41, 5.74) is 1.66. The second-order valence-corrected chi connectivity index (χ2v) is 3.50. The predicted octanol–water partition coefficient (Wildman–Crippen LogP) is 2.08. The van der Waals surface area contributed by atoms with Crippen molar-refractivity contribution in [2.24, 2.45) is 0 Å². The molecule has 0 amide bonds. The highest BCUT2D eigenvalue weighted by molar-refractivity contribution is 5.52. The Bertz CT molecular complexity index is 417. The maximum atomic E-state index is 12.8. The fourth-order valence-electron chi connectivity index (χ4n) is 1.86. The summed E-state index contributed by atoms with van der Waals surface area (Å²) in [4.78, 5) is 0. The monoisotopic (exact) mass is 214 g/mol. The quantitative estimate of drug-likeness (QED) is 0.661. The van der Waals surface area contributed by atoms with Gasteiger partial charge in [-0.05, 0) is 18.1 Å². The van der Waals surface area contributed by atoms with E-state index < -0.39 is 6.29 Å². The highest BCUT2D eigenvalue weighted by Crippen LogP contribution is 2.45. The lowest BCUT2D eigenvalue weighted by Gasteiger charge is -2.17. The lowest BCUT2D eigenvalue weighted by Crippen LogP contribution is -2.26. The lowest BCUT2D eigenvalue weighted by atomic mass is 10.0. The number of hydrogen-bond acceptors (Lipinski definition) is 3. The Hall–Kier alpha value is -1.36. The predicted molar refractivity (Wildman–Crippen MR) is 46.0 cm³/mol. The van der Waals surface area contributed by atoms with Gasteiger partial charge in [0.2, 0.25) is 0 Å². The van der Waals surface area contributed by atoms with Crippen LogP contribution in [0.15, 0.2) is 12.1 Å². The third kappa shape index (κ3) is 1.34. The second-order valence-electron chi connectivity index (χ2n) is 3.50. The van der Waals surface area contributed by atoms with Gasteiger partial charge < -0.3 is 14.2 Å². The summed E-state index contributed by atoms with van der Waals surface area (Å²) in [5, 5.41) is 0. The molecular weight excluding hydrogens is 206 g/mol. The number of hydrogen-bond donors (Lipinski definition) is 0. The molecule has 2 heterocycles. The highest BCUT2D eigenvalue weighted by Gasteiger charge is 2.45. The van der Waals surface area contributed by atoms with Gasteiger partial charge in [0.15, 0.2) is 11.5 Å². The molecule has 0 aromatic heterocycles. The molecule has 15 heavy (non-hydrogen) atoms. The van der Waals surface area contributed by atoms with Crippen LogP contribution in [-0.2, 0) is 17.8 Å². The van der Waals surface area contributed by atoms with Crippen LogP contribution in [0, 0.1) is 0 Å². The van der Waals surface area contributed by atoms with Gasteiger partial charge in [-0.15, -0.1) is 8.78 Å². The van der Waals surface area contributed by atoms with Crippen molar-refractivity contribution in [2.45, 2.75) is 19.3 Å². The van der Waals surface area contributed by atoms with Crippen molar-refractivity contribution in [3.05, 3.63) is 23.3 Å². The van der Waals surface area contributed by atoms with Gasteiger partial charge in [-0.1, -0.05) is 6.07 Å². The van der Waals surface area contributed by atoms with Crippen LogP contribution in [-0.4, -0.2) is 12.9 Å². The molecule has 2 aliphatic heterocycles. The zero-order chi connectivity index (χ0) is 10.5. The maximum Gasteiger partial charge on any atom is 0.586 e. The largest absolute Gasteiger partial charge is 0.586 e. The molecule has 0 saturated carbocycles. The molecule has 0 N–H and O–H groups in total. The van der Waals surface area contributed by atoms with Crippen LogP contribution >= 0.6 is 0 Å². The molecule has 0 unspecified atom stereocenters. The highest BCUT2D eigenvalue weighted by atomic mass is 19.3. The summed E-state index contributed by atoms with van der Waals surface area (Å²) in [5.74, 6) is 0.210. The average molecular weight is 214 g/mol. The first-order valence-corrected chi connectivity index (χ1v) is 4.64. The zero-order valence-corrected chi connectivity index (χ0v) is 7.76. The molecule has 2 aliphatic rings. The Morgan fingerprint density at radius 2 is 2.07 bits per heavy atom. The lowest BCUT2D eigenvalue weighted by molar-refractivity contribution is -0.287. The summed E-state index contributed by atoms with van der Waals surface area (Å²) in [6, 6.07) is 3.29. The Labute approximate surface area is 84.6 Å². The minimum absolute atomic E-state index is 0.0873. The summed E-state index contributed by atoms with van der Waals surface area (Å²) in [6.07, 6.45) is -2.83. The van der Waals surface area contributed by atoms with Gasteiger partial charge in [0.25, 0.3) is 0 Å². The molecule has 0 bridgehead atoms. The van der Waals surface area contributed by atoms with E-state index in [0.717, 1.165) is 12.0 Å². The maximum absolute atomic E-state index is 12.8. The molecule has 3 nitrogen and oxygen atoms in total. The first-order valence-electron chi connectivity index (χ1n) is 4.64. The van der Waals surface area contributed by atoms with Crippen molar-refractivity contribution < 1.29 is 23.0 Å². The number of ether oxygens (including phenoxy) is 3. The Morgan fingerprint density at radius 3 is 2.93 bits per heavy atom. The van der Waals surface area contributed by atoms with Gasteiger partial charge in [0.1, 0.15) is 0 Å². The van der Waals surface area contributed by atoms with E-state index in [0.29, 0.717) is 18.8 Å². The van der Waals surface area contributed by atoms with Gasteiger partial charge in [-0.3, -0.25) is 0 Å². The Balaban J connectivity index is 2.10. The van der Waals surface area contributed by atoms with Gasteiger partial charge in [-0.2, -0.15) is 0 Å². The molecule has 0 atom stereocenters. The molecule has 1 aromatic rings. The first-order chi connectivity index (χ1) is 7.16. The summed E-state index contributed by atoms with van der Waals surface area (Å²) in [7, 11) is 0. The van der Waals surface area contributed by atoms with Crippen LogP contribution in [0.2, 0.25) is 0 Å². The molecule has 3 rings (SSSR count). The summed E-state index contributed by atoms with van der Waals surface area (Å²) < 4.78 is 39.7. The third-order valence-electron chi connectivity index (χ3n) is 2.53. The van der Waals surface area contributed by atoms with Crippen molar-refractivity contribution in [1.82, 2.24) is 0 Å². The molecule has 0 fully saturated rings. The fourth-order valence-corrected chi connectivity index (χ4v) is 1.86. The van der Waals surface area contributed by atoms with Crippen LogP contribution in [0.1, 0.15) is 11.1 Å². The van der Waals surface area contributed by atoms with Crippen molar-refractivity contribution >= 4 is 0 Å². The van der Waals surface area contributed by atoms with Crippen LogP contribution < -0.4 is 9.47 Å². The number of rotatable bonds is 0. The molecule has 1 aromatic carbocycles. The minimum Gasteiger partial charge on any atom is -0.395 e. The van der Waals surface area contributed by atoms with Crippen molar-refractivity contribution in [3.8, 4) is 11.5 Å². The van der Waals surface area contributed by atoms with E-state index in [1.165, 1.54) is 6.07 Å². The molecular formula is C10H8F2O3. The van der Waals surface area contributed by atoms with Crippen LogP contribution in [0.5, 0.6) is 11.5 Å². The van der Waals surface area contributed by atoms with E-state index >= 15 is 0 Å². The SMILES string of the molecule is FC1(F)Oc2ccc3c(c2O1)COCC3. The van der Waals surface area contributed by atoms with Crippen molar-refractivity contribution in [3.63, 3.8) is 0 Å². The van der Waals surface area contributed by atoms with E-state index in [4.69, 9.17) is 4.74 Å². The molecule has 5 heteroatoms. The van der Waals surface area contributed by atoms with E-state index in [9.17, 15) is 8.78 Å². The van der Waals surface area contributed by atoms with Crippen molar-refractivity contribution in [1.29, 1.82) is 0 Å². The summed E-state index contributed by atoms with van der Waals surface area (Å²) >= 11 is 0. The van der Waals surface area contributed by atoms with Crippen LogP contribution in [0.25, 0.3) is 0 Å². The van der Waals surface area contributed by atoms with Crippen LogP contribution in [0.3, 0.4) is 0 Å². The van der Waals surface area contributed by atoms with E-state index in [-0.39, 0.29) is 11.5 Å². The summed E-state index contributed by atoms with van der Waals surface area (Å²) in [6.45, 7) is 0.918. The molecule has 0 saturated heterocycles. The van der Waals surface area contributed by atoms with Crippen molar-refractivity contribution in [2.75, 3.05) is 6.61 Å². The molecule has 80 valence electrons. The minimum atomic E-state index is -3.55. The zero-order valence-electron chi connectivity index (χ0n) is 7.76. The standard InChI is InChI=1S/C10H8F2O3/c11-10(12)14-8-2-1-6-3-4-13-5-7(6)9(8)15-10/h1-2H,3-5H2. The van der Waals surface area contributed by atoms with E-state index in [2.05, 4.69) is 9.47 Å². The molecule has 0 radical (unpaired) electrons. The number of halogens is 2. The second kappa shape index (κ2) is 2.82. The van der Waals surface area contributed by atoms with Gasteiger partial charge >= 0.3 is 6.29 Å². The van der Waals surface area contributed by atoms with Gasteiger partial charge in [-0.25, -0.2) is 0 Å². The third-order valence-corrected chi connectivity index (χ3v) is 2.53. The first kappa shape index (κ1) is 8.91. The fraction of sp³-hybridized carbons (Fsp3) is 0.400. The van der Waals surface area contributed by atoms with Gasteiger partial charge in [0, 0.05) is 5.56 Å². The normalized spacial score (nSPS) is 21.2. The Morgan fingerprint density at radius 1 is 1.20 bits per heavy atom. The Kier molecular flexibility index (Phi) is 1.68.